The molecule has 0 aromatic rings. The highest BCUT2D eigenvalue weighted by Gasteiger charge is 1.89. The molecule has 0 heteroatoms. The minimum Gasteiger partial charge on any atom is -0.103 e. The van der Waals surface area contributed by atoms with E-state index in [1.807, 2.05) is 0 Å². The third-order valence-corrected chi connectivity index (χ3v) is 1.48. The van der Waals surface area contributed by atoms with Gasteiger partial charge in [0.1, 0.15) is 0 Å². The van der Waals surface area contributed by atoms with Crippen molar-refractivity contribution in [2.24, 2.45) is 0 Å². The monoisotopic (exact) mass is 152 g/mol. The van der Waals surface area contributed by atoms with Crippen molar-refractivity contribution < 1.29 is 0 Å². The Kier molecular flexibility index (Phi) is 9.18. The molecule has 0 aromatic heterocycles. The fourth-order valence-electron chi connectivity index (χ4n) is 0.957. The molecular formula is C11H20. The average molecular weight is 152 g/mol. The van der Waals surface area contributed by atoms with Gasteiger partial charge < -0.3 is 0 Å². The Morgan fingerprint density at radius 1 is 0.818 bits per heavy atom. The third kappa shape index (κ3) is 9.56. The summed E-state index contributed by atoms with van der Waals surface area (Å²) in [7, 11) is 0. The van der Waals surface area contributed by atoms with E-state index in [4.69, 9.17) is 0 Å². The molecule has 64 valence electrons. The highest BCUT2D eigenvalue weighted by Crippen LogP contribution is 2.06. The fourth-order valence-corrected chi connectivity index (χ4v) is 0.957. The molecule has 0 saturated heterocycles. The van der Waals surface area contributed by atoms with E-state index < -0.39 is 0 Å². The highest BCUT2D eigenvalue weighted by molar-refractivity contribution is 4.99. The van der Waals surface area contributed by atoms with Crippen molar-refractivity contribution in [2.45, 2.75) is 58.8 Å². The zero-order chi connectivity index (χ0) is 8.36. The maximum atomic E-state index is 3.14. The Hall–Kier alpha value is -0.440. The first kappa shape index (κ1) is 10.6. The largest absolute Gasteiger partial charge is 0.103 e. The van der Waals surface area contributed by atoms with Gasteiger partial charge in [0.15, 0.2) is 0 Å². The third-order valence-electron chi connectivity index (χ3n) is 1.48. The Morgan fingerprint density at radius 3 is 1.55 bits per heavy atom. The molecule has 0 N–H and O–H groups in total. The van der Waals surface area contributed by atoms with Gasteiger partial charge >= 0.3 is 0 Å². The quantitative estimate of drug-likeness (QED) is 0.464. The van der Waals surface area contributed by atoms with Crippen molar-refractivity contribution in [1.29, 1.82) is 0 Å². The van der Waals surface area contributed by atoms with Crippen molar-refractivity contribution in [1.82, 2.24) is 0 Å². The van der Waals surface area contributed by atoms with Crippen molar-refractivity contribution in [2.75, 3.05) is 0 Å². The van der Waals surface area contributed by atoms with Gasteiger partial charge in [-0.25, -0.2) is 0 Å². The Balaban J connectivity index is 0.000000292. The summed E-state index contributed by atoms with van der Waals surface area (Å²) in [6.07, 6.45) is 8.98. The molecule has 0 fully saturated rings. The summed E-state index contributed by atoms with van der Waals surface area (Å²) < 4.78 is 0. The first-order valence-corrected chi connectivity index (χ1v) is 4.87. The van der Waals surface area contributed by atoms with Crippen LogP contribution in [-0.4, -0.2) is 0 Å². The molecule has 0 nitrogen and oxygen atoms in total. The molecular weight excluding hydrogens is 132 g/mol. The second-order valence-electron chi connectivity index (χ2n) is 2.97. The lowest BCUT2D eigenvalue weighted by Crippen LogP contribution is -1.80. The molecule has 0 aromatic carbocycles. The van der Waals surface area contributed by atoms with E-state index in [2.05, 4.69) is 25.7 Å². The Bertz CT molecular complexity index is 102. The summed E-state index contributed by atoms with van der Waals surface area (Å²) in [6.45, 7) is 4.25. The predicted octanol–water partition coefficient (Wildman–Crippen LogP) is 3.76. The molecule has 0 bridgehead atoms. The number of hydrogen-bond acceptors (Lipinski definition) is 0. The van der Waals surface area contributed by atoms with Crippen molar-refractivity contribution >= 4 is 0 Å². The van der Waals surface area contributed by atoms with Crippen LogP contribution in [0.5, 0.6) is 0 Å². The predicted molar refractivity (Wildman–Crippen MR) is 51.4 cm³/mol. The molecule has 0 radical (unpaired) electrons. The van der Waals surface area contributed by atoms with E-state index in [9.17, 15) is 0 Å². The lowest BCUT2D eigenvalue weighted by molar-refractivity contribution is 0.652. The van der Waals surface area contributed by atoms with Gasteiger partial charge in [0.2, 0.25) is 0 Å². The molecule has 11 heavy (non-hydrogen) atoms. The van der Waals surface area contributed by atoms with Gasteiger partial charge in [-0.1, -0.05) is 33.1 Å². The minimum atomic E-state index is 1.14. The van der Waals surface area contributed by atoms with Gasteiger partial charge in [-0.2, -0.15) is 0 Å². The van der Waals surface area contributed by atoms with Crippen molar-refractivity contribution in [3.05, 3.63) is 0 Å². The van der Waals surface area contributed by atoms with Crippen LogP contribution in [0.3, 0.4) is 0 Å². The molecule has 1 rings (SSSR count). The normalized spacial score (nSPS) is 16.2. The Labute approximate surface area is 71.4 Å². The lowest BCUT2D eigenvalue weighted by Gasteiger charge is -1.97. The first-order valence-electron chi connectivity index (χ1n) is 4.87. The van der Waals surface area contributed by atoms with Crippen LogP contribution in [0.15, 0.2) is 0 Å². The van der Waals surface area contributed by atoms with E-state index in [1.54, 1.807) is 0 Å². The Morgan fingerprint density at radius 2 is 1.18 bits per heavy atom. The summed E-state index contributed by atoms with van der Waals surface area (Å²) in [5, 5.41) is 0. The smallest absolute Gasteiger partial charge is 0.00886 e. The van der Waals surface area contributed by atoms with Crippen LogP contribution in [0.1, 0.15) is 58.8 Å². The zero-order valence-corrected chi connectivity index (χ0v) is 7.95. The molecule has 1 aliphatic carbocycles. The van der Waals surface area contributed by atoms with Gasteiger partial charge in [0.25, 0.3) is 0 Å². The molecule has 1 aliphatic rings. The van der Waals surface area contributed by atoms with Gasteiger partial charge in [-0.3, -0.25) is 0 Å². The van der Waals surface area contributed by atoms with E-state index in [-0.39, 0.29) is 0 Å². The molecule has 0 amide bonds. The highest BCUT2D eigenvalue weighted by atomic mass is 13.9. The maximum Gasteiger partial charge on any atom is 0.00886 e. The molecule has 0 spiro atoms. The zero-order valence-electron chi connectivity index (χ0n) is 7.95. The summed E-state index contributed by atoms with van der Waals surface area (Å²) in [6, 6.07) is 0. The number of hydrogen-bond donors (Lipinski definition) is 0. The summed E-state index contributed by atoms with van der Waals surface area (Å²) >= 11 is 0. The van der Waals surface area contributed by atoms with Crippen molar-refractivity contribution in [3.8, 4) is 11.8 Å². The van der Waals surface area contributed by atoms with Crippen LogP contribution in [0, 0.1) is 11.8 Å². The molecule has 0 aliphatic heterocycles. The maximum absolute atomic E-state index is 3.14. The summed E-state index contributed by atoms with van der Waals surface area (Å²) in [5.41, 5.74) is 0. The molecule has 0 heterocycles. The van der Waals surface area contributed by atoms with Crippen LogP contribution in [-0.2, 0) is 0 Å². The van der Waals surface area contributed by atoms with Crippen molar-refractivity contribution in [3.63, 3.8) is 0 Å². The minimum absolute atomic E-state index is 1.14. The second kappa shape index (κ2) is 9.56. The van der Waals surface area contributed by atoms with E-state index in [1.165, 1.54) is 32.1 Å². The summed E-state index contributed by atoms with van der Waals surface area (Å²) in [4.78, 5) is 0. The van der Waals surface area contributed by atoms with E-state index >= 15 is 0 Å². The lowest BCUT2D eigenvalue weighted by atomic mass is 10.1. The topological polar surface area (TPSA) is 0 Å². The average Bonchev–Trinajstić information content (AvgIpc) is 1.86. The van der Waals surface area contributed by atoms with Crippen LogP contribution < -0.4 is 0 Å². The van der Waals surface area contributed by atoms with Crippen LogP contribution >= 0.6 is 0 Å². The van der Waals surface area contributed by atoms with E-state index in [0.29, 0.717) is 0 Å². The molecule has 0 unspecified atom stereocenters. The van der Waals surface area contributed by atoms with Crippen LogP contribution in [0.25, 0.3) is 0 Å². The van der Waals surface area contributed by atoms with E-state index in [0.717, 1.165) is 12.8 Å². The second-order valence-corrected chi connectivity index (χ2v) is 2.97. The SMILES string of the molecule is C1#CCCCCCC1.CCC. The van der Waals surface area contributed by atoms with Gasteiger partial charge in [0, 0.05) is 12.8 Å². The number of rotatable bonds is 0. The standard InChI is InChI=1S/C8H12.C3H8/c1-2-4-6-8-7-5-3-1;1-3-2/h1-6H2;3H2,1-2H3. The molecule has 0 atom stereocenters. The first-order chi connectivity index (χ1) is 5.41. The van der Waals surface area contributed by atoms with Gasteiger partial charge in [-0.15, -0.1) is 11.8 Å². The van der Waals surface area contributed by atoms with Crippen LogP contribution in [0.2, 0.25) is 0 Å². The van der Waals surface area contributed by atoms with Gasteiger partial charge in [-0.05, 0) is 12.8 Å². The summed E-state index contributed by atoms with van der Waals surface area (Å²) in [5.74, 6) is 6.27. The fraction of sp³-hybridized carbons (Fsp3) is 0.818. The van der Waals surface area contributed by atoms with Gasteiger partial charge in [0.05, 0.1) is 0 Å². The molecule has 0 saturated carbocycles. The van der Waals surface area contributed by atoms with Crippen LogP contribution in [0.4, 0.5) is 0 Å².